The maximum Gasteiger partial charge on any atom is 0.387 e. The molecule has 0 heterocycles. The number of alkyl halides is 2. The predicted molar refractivity (Wildman–Crippen MR) is 89.7 cm³/mol. The van der Waals surface area contributed by atoms with Crippen molar-refractivity contribution in [1.29, 1.82) is 0 Å². The summed E-state index contributed by atoms with van der Waals surface area (Å²) in [4.78, 5) is 23.4. The molecule has 0 aliphatic heterocycles. The minimum atomic E-state index is -2.88. The maximum absolute atomic E-state index is 12.3. The molecular weight excluding hydrogens is 330 g/mol. The van der Waals surface area contributed by atoms with E-state index in [0.717, 1.165) is 5.56 Å². The molecule has 0 saturated carbocycles. The fourth-order valence-corrected chi connectivity index (χ4v) is 2.24. The lowest BCUT2D eigenvalue weighted by atomic mass is 10.1. The Morgan fingerprint density at radius 2 is 1.76 bits per heavy atom. The predicted octanol–water partition coefficient (Wildman–Crippen LogP) is 3.74. The summed E-state index contributed by atoms with van der Waals surface area (Å²) < 4.78 is 28.6. The summed E-state index contributed by atoms with van der Waals surface area (Å²) in [7, 11) is 0. The van der Waals surface area contributed by atoms with Gasteiger partial charge >= 0.3 is 6.61 Å². The molecule has 1 atom stereocenters. The van der Waals surface area contributed by atoms with Crippen LogP contribution < -0.4 is 15.4 Å². The van der Waals surface area contributed by atoms with Crippen molar-refractivity contribution in [2.75, 3.05) is 5.32 Å². The quantitative estimate of drug-likeness (QED) is 0.836. The molecule has 0 aliphatic carbocycles. The van der Waals surface area contributed by atoms with Gasteiger partial charge in [0.05, 0.1) is 6.04 Å². The van der Waals surface area contributed by atoms with Crippen molar-refractivity contribution in [3.8, 4) is 5.75 Å². The normalized spacial score (nSPS) is 11.7. The molecule has 0 fully saturated rings. The van der Waals surface area contributed by atoms with Crippen LogP contribution in [0.3, 0.4) is 0 Å². The number of rotatable bonds is 6. The van der Waals surface area contributed by atoms with E-state index in [9.17, 15) is 18.4 Å². The zero-order valence-corrected chi connectivity index (χ0v) is 13.8. The van der Waals surface area contributed by atoms with Gasteiger partial charge in [-0.05, 0) is 42.8 Å². The van der Waals surface area contributed by atoms with Gasteiger partial charge in [0.1, 0.15) is 5.75 Å². The minimum Gasteiger partial charge on any atom is -0.435 e. The van der Waals surface area contributed by atoms with E-state index in [1.807, 2.05) is 0 Å². The van der Waals surface area contributed by atoms with Crippen LogP contribution in [0.4, 0.5) is 14.5 Å². The van der Waals surface area contributed by atoms with Crippen molar-refractivity contribution < 1.29 is 23.1 Å². The van der Waals surface area contributed by atoms with Gasteiger partial charge in [0, 0.05) is 18.2 Å². The summed E-state index contributed by atoms with van der Waals surface area (Å²) >= 11 is 0. The third-order valence-corrected chi connectivity index (χ3v) is 3.40. The van der Waals surface area contributed by atoms with E-state index >= 15 is 0 Å². The second kappa shape index (κ2) is 8.23. The smallest absolute Gasteiger partial charge is 0.387 e. The highest BCUT2D eigenvalue weighted by Crippen LogP contribution is 2.20. The van der Waals surface area contributed by atoms with E-state index in [1.165, 1.54) is 19.1 Å². The van der Waals surface area contributed by atoms with Gasteiger partial charge in [-0.15, -0.1) is 0 Å². The molecule has 2 aromatic carbocycles. The average molecular weight is 348 g/mol. The largest absolute Gasteiger partial charge is 0.435 e. The Labute approximate surface area is 144 Å². The van der Waals surface area contributed by atoms with Crippen LogP contribution in [0.1, 0.15) is 35.8 Å². The monoisotopic (exact) mass is 348 g/mol. The Balaban J connectivity index is 2.03. The molecule has 0 bridgehead atoms. The molecule has 132 valence electrons. The second-order valence-electron chi connectivity index (χ2n) is 5.40. The Kier molecular flexibility index (Phi) is 6.05. The summed E-state index contributed by atoms with van der Waals surface area (Å²) in [5.74, 6) is -0.482. The zero-order valence-electron chi connectivity index (χ0n) is 13.8. The first-order valence-electron chi connectivity index (χ1n) is 7.58. The summed E-state index contributed by atoms with van der Waals surface area (Å²) in [6.07, 6.45) is 0. The van der Waals surface area contributed by atoms with Crippen molar-refractivity contribution in [3.63, 3.8) is 0 Å². The highest BCUT2D eigenvalue weighted by Gasteiger charge is 2.13. The first-order valence-corrected chi connectivity index (χ1v) is 7.58. The molecular formula is C18H18F2N2O3. The summed E-state index contributed by atoms with van der Waals surface area (Å²) in [6, 6.07) is 12.3. The van der Waals surface area contributed by atoms with Crippen LogP contribution in [0.5, 0.6) is 5.75 Å². The molecule has 5 nitrogen and oxygen atoms in total. The topological polar surface area (TPSA) is 67.4 Å². The number of anilines is 1. The van der Waals surface area contributed by atoms with Gasteiger partial charge in [-0.2, -0.15) is 8.78 Å². The van der Waals surface area contributed by atoms with Gasteiger partial charge in [0.25, 0.3) is 5.91 Å². The molecule has 7 heteroatoms. The van der Waals surface area contributed by atoms with E-state index in [0.29, 0.717) is 11.3 Å². The van der Waals surface area contributed by atoms with Crippen LogP contribution in [0.15, 0.2) is 48.5 Å². The van der Waals surface area contributed by atoms with Crippen LogP contribution in [-0.2, 0) is 4.79 Å². The maximum atomic E-state index is 12.3. The number of halogens is 2. The number of carbonyl (C=O) groups is 2. The van der Waals surface area contributed by atoms with Crippen molar-refractivity contribution in [2.24, 2.45) is 0 Å². The van der Waals surface area contributed by atoms with Crippen molar-refractivity contribution in [3.05, 3.63) is 59.7 Å². The van der Waals surface area contributed by atoms with E-state index in [-0.39, 0.29) is 23.6 Å². The third-order valence-electron chi connectivity index (χ3n) is 3.40. The SMILES string of the molecule is CC(=O)Nc1cccc(C(=O)NC(C)c2ccc(OC(F)F)cc2)c1. The van der Waals surface area contributed by atoms with Crippen LogP contribution in [0.25, 0.3) is 0 Å². The van der Waals surface area contributed by atoms with Gasteiger partial charge in [-0.25, -0.2) is 0 Å². The molecule has 2 aromatic rings. The van der Waals surface area contributed by atoms with Gasteiger partial charge in [-0.1, -0.05) is 18.2 Å². The van der Waals surface area contributed by atoms with Crippen LogP contribution >= 0.6 is 0 Å². The number of amides is 2. The van der Waals surface area contributed by atoms with Crippen LogP contribution in [0, 0.1) is 0 Å². The van der Waals surface area contributed by atoms with Crippen molar-refractivity contribution in [1.82, 2.24) is 5.32 Å². The number of hydrogen-bond donors (Lipinski definition) is 2. The number of ether oxygens (including phenoxy) is 1. The highest BCUT2D eigenvalue weighted by atomic mass is 19.3. The highest BCUT2D eigenvalue weighted by molar-refractivity contribution is 5.97. The Bertz CT molecular complexity index is 748. The molecule has 25 heavy (non-hydrogen) atoms. The standard InChI is InChI=1S/C18H18F2N2O3/c1-11(13-6-8-16(9-7-13)25-18(19)20)21-17(24)14-4-3-5-15(10-14)22-12(2)23/h3-11,18H,1-2H3,(H,21,24)(H,22,23). The van der Waals surface area contributed by atoms with Gasteiger partial charge in [-0.3, -0.25) is 9.59 Å². The van der Waals surface area contributed by atoms with Gasteiger partial charge in [0.15, 0.2) is 0 Å². The number of benzene rings is 2. The number of nitrogens with one attached hydrogen (secondary N) is 2. The molecule has 2 rings (SSSR count). The Morgan fingerprint density at radius 1 is 1.08 bits per heavy atom. The first-order chi connectivity index (χ1) is 11.8. The molecule has 0 aromatic heterocycles. The molecule has 0 aliphatic rings. The molecule has 1 unspecified atom stereocenters. The summed E-state index contributed by atoms with van der Waals surface area (Å²) in [5.41, 5.74) is 1.67. The van der Waals surface area contributed by atoms with E-state index in [4.69, 9.17) is 0 Å². The molecule has 0 saturated heterocycles. The lowest BCUT2D eigenvalue weighted by Crippen LogP contribution is -2.26. The lowest BCUT2D eigenvalue weighted by molar-refractivity contribution is -0.114. The van der Waals surface area contributed by atoms with Crippen LogP contribution in [-0.4, -0.2) is 18.4 Å². The summed E-state index contributed by atoms with van der Waals surface area (Å²) in [5, 5.41) is 5.43. The Hall–Kier alpha value is -2.96. The van der Waals surface area contributed by atoms with E-state index < -0.39 is 6.61 Å². The van der Waals surface area contributed by atoms with E-state index in [1.54, 1.807) is 43.3 Å². The number of hydrogen-bond acceptors (Lipinski definition) is 3. The van der Waals surface area contributed by atoms with Gasteiger partial charge < -0.3 is 15.4 Å². The average Bonchev–Trinajstić information content (AvgIpc) is 2.54. The zero-order chi connectivity index (χ0) is 18.4. The fraction of sp³-hybridized carbons (Fsp3) is 0.222. The van der Waals surface area contributed by atoms with Crippen LogP contribution in [0.2, 0.25) is 0 Å². The first kappa shape index (κ1) is 18.4. The molecule has 2 amide bonds. The third kappa shape index (κ3) is 5.56. The molecule has 0 spiro atoms. The second-order valence-corrected chi connectivity index (χ2v) is 5.40. The fourth-order valence-electron chi connectivity index (χ4n) is 2.24. The van der Waals surface area contributed by atoms with Gasteiger partial charge in [0.2, 0.25) is 5.91 Å². The van der Waals surface area contributed by atoms with Crippen molar-refractivity contribution in [2.45, 2.75) is 26.5 Å². The summed E-state index contributed by atoms with van der Waals surface area (Å²) in [6.45, 7) is 0.285. The lowest BCUT2D eigenvalue weighted by Gasteiger charge is -2.15. The minimum absolute atomic E-state index is 0.0558. The molecule has 2 N–H and O–H groups in total. The van der Waals surface area contributed by atoms with Crippen molar-refractivity contribution >= 4 is 17.5 Å². The van der Waals surface area contributed by atoms with E-state index in [2.05, 4.69) is 15.4 Å². The number of carbonyl (C=O) groups excluding carboxylic acids is 2. The Morgan fingerprint density at radius 3 is 2.36 bits per heavy atom. The molecule has 0 radical (unpaired) electrons.